The van der Waals surface area contributed by atoms with Crippen LogP contribution < -0.4 is 10.6 Å². The number of aryl methyl sites for hydroxylation is 1. The van der Waals surface area contributed by atoms with Crippen molar-refractivity contribution in [3.63, 3.8) is 0 Å². The van der Waals surface area contributed by atoms with Gasteiger partial charge in [0.05, 0.1) is 4.92 Å². The molecule has 1 aromatic heterocycles. The van der Waals surface area contributed by atoms with Gasteiger partial charge in [0.2, 0.25) is 5.82 Å². The Balaban J connectivity index is 2.35. The summed E-state index contributed by atoms with van der Waals surface area (Å²) in [6, 6.07) is 0.562. The number of hydrogen-bond donors (Lipinski definition) is 2. The van der Waals surface area contributed by atoms with Crippen molar-refractivity contribution < 1.29 is 4.92 Å². The van der Waals surface area contributed by atoms with Crippen LogP contribution in [0, 0.1) is 17.0 Å². The Bertz CT molecular complexity index is 497. The summed E-state index contributed by atoms with van der Waals surface area (Å²) in [4.78, 5) is 11.0. The van der Waals surface area contributed by atoms with Crippen molar-refractivity contribution in [1.82, 2.24) is 15.1 Å². The molecule has 2 N–H and O–H groups in total. The number of aromatic nitrogens is 2. The molecule has 0 bridgehead atoms. The molecule has 2 heterocycles. The second-order valence-electron chi connectivity index (χ2n) is 5.71. The summed E-state index contributed by atoms with van der Waals surface area (Å²) in [5.74, 6) is 0.531. The van der Waals surface area contributed by atoms with Gasteiger partial charge in [-0.3, -0.25) is 10.1 Å². The maximum Gasteiger partial charge on any atom is 0.333 e. The topological polar surface area (TPSA) is 85.0 Å². The summed E-state index contributed by atoms with van der Waals surface area (Å²) < 4.78 is 1.72. The van der Waals surface area contributed by atoms with Crippen molar-refractivity contribution in [2.45, 2.75) is 58.7 Å². The van der Waals surface area contributed by atoms with Crippen molar-refractivity contribution in [1.29, 1.82) is 0 Å². The van der Waals surface area contributed by atoms with Crippen LogP contribution in [0.3, 0.4) is 0 Å². The first kappa shape index (κ1) is 14.8. The van der Waals surface area contributed by atoms with Crippen molar-refractivity contribution in [3.8, 4) is 0 Å². The Hall–Kier alpha value is -1.63. The Morgan fingerprint density at radius 1 is 1.55 bits per heavy atom. The molecule has 2 unspecified atom stereocenters. The van der Waals surface area contributed by atoms with E-state index in [2.05, 4.69) is 22.7 Å². The molecule has 0 aliphatic carbocycles. The monoisotopic (exact) mass is 281 g/mol. The van der Waals surface area contributed by atoms with E-state index >= 15 is 0 Å². The van der Waals surface area contributed by atoms with Crippen molar-refractivity contribution >= 4 is 11.5 Å². The van der Waals surface area contributed by atoms with Gasteiger partial charge >= 0.3 is 5.69 Å². The van der Waals surface area contributed by atoms with E-state index in [9.17, 15) is 10.1 Å². The molecule has 112 valence electrons. The van der Waals surface area contributed by atoms with Crippen LogP contribution in [0.4, 0.5) is 11.5 Å². The normalized spacial score (nSPS) is 23.1. The van der Waals surface area contributed by atoms with Gasteiger partial charge in [-0.15, -0.1) is 0 Å². The largest absolute Gasteiger partial charge is 0.360 e. The highest BCUT2D eigenvalue weighted by molar-refractivity contribution is 5.60. The first-order chi connectivity index (χ1) is 9.41. The van der Waals surface area contributed by atoms with Crippen LogP contribution in [0.1, 0.15) is 45.3 Å². The molecule has 2 rings (SSSR count). The van der Waals surface area contributed by atoms with Crippen molar-refractivity contribution in [2.24, 2.45) is 0 Å². The summed E-state index contributed by atoms with van der Waals surface area (Å²) in [6.45, 7) is 8.74. The fourth-order valence-corrected chi connectivity index (χ4v) is 2.68. The first-order valence-corrected chi connectivity index (χ1v) is 7.15. The highest BCUT2D eigenvalue weighted by atomic mass is 16.6. The van der Waals surface area contributed by atoms with Gasteiger partial charge in [0.1, 0.15) is 5.69 Å². The number of nitrogens with zero attached hydrogens (tertiary/aromatic N) is 3. The minimum atomic E-state index is -0.343. The van der Waals surface area contributed by atoms with E-state index in [1.807, 2.05) is 13.8 Å². The number of rotatable bonds is 4. The molecule has 0 saturated carbocycles. The van der Waals surface area contributed by atoms with E-state index in [4.69, 9.17) is 0 Å². The van der Waals surface area contributed by atoms with Gasteiger partial charge in [-0.25, -0.2) is 4.68 Å². The molecule has 20 heavy (non-hydrogen) atoms. The van der Waals surface area contributed by atoms with E-state index < -0.39 is 0 Å². The summed E-state index contributed by atoms with van der Waals surface area (Å²) in [6.07, 6.45) is 2.08. The predicted molar refractivity (Wildman–Crippen MR) is 78.1 cm³/mol. The van der Waals surface area contributed by atoms with Gasteiger partial charge in [-0.05, 0) is 47.1 Å². The zero-order chi connectivity index (χ0) is 14.9. The molecule has 7 nitrogen and oxygen atoms in total. The Morgan fingerprint density at radius 3 is 2.80 bits per heavy atom. The van der Waals surface area contributed by atoms with Gasteiger partial charge in [-0.2, -0.15) is 5.10 Å². The molecule has 1 aliphatic heterocycles. The lowest BCUT2D eigenvalue weighted by Crippen LogP contribution is -2.47. The number of anilines is 1. The molecule has 1 aromatic rings. The smallest absolute Gasteiger partial charge is 0.333 e. The lowest BCUT2D eigenvalue weighted by atomic mass is 10.00. The fraction of sp³-hybridized carbons (Fsp3) is 0.769. The number of nitro groups is 1. The second-order valence-corrected chi connectivity index (χ2v) is 5.71. The molecule has 0 amide bonds. The molecule has 1 saturated heterocycles. The van der Waals surface area contributed by atoms with Crippen LogP contribution >= 0.6 is 0 Å². The molecular weight excluding hydrogens is 258 g/mol. The van der Waals surface area contributed by atoms with E-state index in [-0.39, 0.29) is 22.7 Å². The van der Waals surface area contributed by atoms with E-state index in [1.165, 1.54) is 0 Å². The average Bonchev–Trinajstić information content (AvgIpc) is 2.69. The highest BCUT2D eigenvalue weighted by Crippen LogP contribution is 2.32. The Morgan fingerprint density at radius 2 is 2.25 bits per heavy atom. The van der Waals surface area contributed by atoms with E-state index in [0.29, 0.717) is 17.6 Å². The van der Waals surface area contributed by atoms with Gasteiger partial charge < -0.3 is 10.6 Å². The van der Waals surface area contributed by atoms with Crippen LogP contribution in [0.2, 0.25) is 0 Å². The van der Waals surface area contributed by atoms with Crippen molar-refractivity contribution in [2.75, 3.05) is 11.9 Å². The highest BCUT2D eigenvalue weighted by Gasteiger charge is 2.30. The molecule has 0 radical (unpaired) electrons. The molecular formula is C13H23N5O2. The SMILES string of the molecule is Cc1nn(C(C)C)c(NC2CCCNC2C)c1[N+](=O)[O-]. The predicted octanol–water partition coefficient (Wildman–Crippen LogP) is 2.23. The van der Waals surface area contributed by atoms with E-state index in [0.717, 1.165) is 19.4 Å². The molecule has 0 spiro atoms. The lowest BCUT2D eigenvalue weighted by Gasteiger charge is -2.31. The lowest BCUT2D eigenvalue weighted by molar-refractivity contribution is -0.384. The zero-order valence-electron chi connectivity index (χ0n) is 12.5. The van der Waals surface area contributed by atoms with Crippen LogP contribution in [0.25, 0.3) is 0 Å². The van der Waals surface area contributed by atoms with Gasteiger partial charge in [0, 0.05) is 18.1 Å². The summed E-state index contributed by atoms with van der Waals surface area (Å²) in [5, 5.41) is 22.4. The number of nitrogens with one attached hydrogen (secondary N) is 2. The molecule has 0 aromatic carbocycles. The Kier molecular flexibility index (Phi) is 4.27. The summed E-state index contributed by atoms with van der Waals surface area (Å²) in [5.41, 5.74) is 0.555. The summed E-state index contributed by atoms with van der Waals surface area (Å²) in [7, 11) is 0. The summed E-state index contributed by atoms with van der Waals surface area (Å²) >= 11 is 0. The molecule has 1 fully saturated rings. The number of piperidine rings is 1. The minimum absolute atomic E-state index is 0.0803. The van der Waals surface area contributed by atoms with Gasteiger partial charge in [0.25, 0.3) is 0 Å². The number of hydrogen-bond acceptors (Lipinski definition) is 5. The van der Waals surface area contributed by atoms with Crippen LogP contribution in [0.15, 0.2) is 0 Å². The zero-order valence-corrected chi connectivity index (χ0v) is 12.5. The molecule has 1 aliphatic rings. The maximum atomic E-state index is 11.3. The van der Waals surface area contributed by atoms with Crippen molar-refractivity contribution in [3.05, 3.63) is 15.8 Å². The third-order valence-corrected chi connectivity index (χ3v) is 3.81. The van der Waals surface area contributed by atoms with Gasteiger partial charge in [0.15, 0.2) is 0 Å². The first-order valence-electron chi connectivity index (χ1n) is 7.15. The molecule has 7 heteroatoms. The average molecular weight is 281 g/mol. The Labute approximate surface area is 118 Å². The third-order valence-electron chi connectivity index (χ3n) is 3.81. The van der Waals surface area contributed by atoms with Gasteiger partial charge in [-0.1, -0.05) is 0 Å². The fourth-order valence-electron chi connectivity index (χ4n) is 2.68. The maximum absolute atomic E-state index is 11.3. The standard InChI is InChI=1S/C13H23N5O2/c1-8(2)17-13(12(18(19)20)10(4)16-17)15-11-6-5-7-14-9(11)3/h8-9,11,14-15H,5-7H2,1-4H3. The third kappa shape index (κ3) is 2.77. The quantitative estimate of drug-likeness (QED) is 0.653. The van der Waals surface area contributed by atoms with Crippen LogP contribution in [0.5, 0.6) is 0 Å². The van der Waals surface area contributed by atoms with Crippen LogP contribution in [-0.2, 0) is 0 Å². The molecule has 2 atom stereocenters. The second kappa shape index (κ2) is 5.78. The van der Waals surface area contributed by atoms with E-state index in [1.54, 1.807) is 11.6 Å². The van der Waals surface area contributed by atoms with Crippen LogP contribution in [-0.4, -0.2) is 33.3 Å². The minimum Gasteiger partial charge on any atom is -0.360 e.